The third-order valence-electron chi connectivity index (χ3n) is 5.50. The quantitative estimate of drug-likeness (QED) is 0.545. The van der Waals surface area contributed by atoms with Crippen LogP contribution in [0.15, 0.2) is 42.6 Å². The molecule has 1 saturated heterocycles. The molecular formula is C22H23N7O2. The summed E-state index contributed by atoms with van der Waals surface area (Å²) in [6, 6.07) is 12.1. The minimum Gasteiger partial charge on any atom is -0.378 e. The molecule has 0 atom stereocenters. The molecule has 0 bridgehead atoms. The van der Waals surface area contributed by atoms with Crippen molar-refractivity contribution in [2.75, 3.05) is 31.2 Å². The Kier molecular flexibility index (Phi) is 4.67. The number of ether oxygens (including phenoxy) is 1. The maximum atomic E-state index is 11.9. The standard InChI is InChI=1S/C22H23N7O2/c1-14-4-3-5-15(12-14)16-6-7-29(26-16)18-13-17(28-8-10-31-11-9-28)19-21(24-18)27(2)22(25-19)20(23)30/h3-7,12-13H,8-11H2,1-2H3,(H2,23,30). The largest absolute Gasteiger partial charge is 0.378 e. The lowest BCUT2D eigenvalue weighted by atomic mass is 10.1. The number of anilines is 1. The zero-order valence-electron chi connectivity index (χ0n) is 17.4. The number of benzene rings is 1. The summed E-state index contributed by atoms with van der Waals surface area (Å²) in [4.78, 5) is 23.3. The van der Waals surface area contributed by atoms with Gasteiger partial charge < -0.3 is 19.9 Å². The molecule has 0 saturated carbocycles. The SMILES string of the molecule is Cc1cccc(-c2ccn(-c3cc(N4CCOCC4)c4nc(C(N)=O)n(C)c4n3)n2)c1. The summed E-state index contributed by atoms with van der Waals surface area (Å²) in [5.74, 6) is 0.234. The highest BCUT2D eigenvalue weighted by atomic mass is 16.5. The van der Waals surface area contributed by atoms with Crippen molar-refractivity contribution < 1.29 is 9.53 Å². The number of hydrogen-bond acceptors (Lipinski definition) is 6. The molecule has 4 aromatic rings. The van der Waals surface area contributed by atoms with Gasteiger partial charge in [0.05, 0.1) is 24.6 Å². The van der Waals surface area contributed by atoms with Gasteiger partial charge >= 0.3 is 0 Å². The third-order valence-corrected chi connectivity index (χ3v) is 5.50. The van der Waals surface area contributed by atoms with Crippen molar-refractivity contribution >= 4 is 22.8 Å². The first kappa shape index (κ1) is 19.3. The van der Waals surface area contributed by atoms with Crippen molar-refractivity contribution in [2.24, 2.45) is 12.8 Å². The molecule has 0 aliphatic carbocycles. The number of morpholine rings is 1. The number of amides is 1. The van der Waals surface area contributed by atoms with Crippen molar-refractivity contribution in [1.82, 2.24) is 24.3 Å². The van der Waals surface area contributed by atoms with Crippen LogP contribution in [0, 0.1) is 6.92 Å². The number of nitrogens with zero attached hydrogens (tertiary/aromatic N) is 6. The molecule has 1 aromatic carbocycles. The molecule has 31 heavy (non-hydrogen) atoms. The second-order valence-corrected chi connectivity index (χ2v) is 7.64. The number of primary amides is 1. The van der Waals surface area contributed by atoms with Crippen LogP contribution in [0.1, 0.15) is 16.2 Å². The molecule has 5 rings (SSSR count). The summed E-state index contributed by atoms with van der Waals surface area (Å²) in [5, 5.41) is 4.75. The maximum Gasteiger partial charge on any atom is 0.284 e. The predicted molar refractivity (Wildman–Crippen MR) is 117 cm³/mol. The molecule has 0 spiro atoms. The van der Waals surface area contributed by atoms with E-state index in [9.17, 15) is 4.79 Å². The van der Waals surface area contributed by atoms with Gasteiger partial charge in [-0.05, 0) is 19.1 Å². The van der Waals surface area contributed by atoms with E-state index in [1.807, 2.05) is 30.5 Å². The molecule has 0 radical (unpaired) electrons. The van der Waals surface area contributed by atoms with E-state index in [0.717, 1.165) is 30.0 Å². The molecule has 1 amide bonds. The Bertz CT molecular complexity index is 1280. The number of aryl methyl sites for hydroxylation is 2. The fourth-order valence-electron chi connectivity index (χ4n) is 3.91. The molecule has 9 nitrogen and oxygen atoms in total. The first-order chi connectivity index (χ1) is 15.0. The zero-order valence-corrected chi connectivity index (χ0v) is 17.4. The van der Waals surface area contributed by atoms with Crippen LogP contribution < -0.4 is 10.6 Å². The van der Waals surface area contributed by atoms with Crippen LogP contribution in [-0.2, 0) is 11.8 Å². The van der Waals surface area contributed by atoms with Gasteiger partial charge in [0.25, 0.3) is 5.91 Å². The van der Waals surface area contributed by atoms with Crippen molar-refractivity contribution in [3.63, 3.8) is 0 Å². The van der Waals surface area contributed by atoms with Gasteiger partial charge in [-0.15, -0.1) is 0 Å². The average Bonchev–Trinajstić information content (AvgIpc) is 3.39. The van der Waals surface area contributed by atoms with Crippen LogP contribution in [0.5, 0.6) is 0 Å². The molecule has 0 unspecified atom stereocenters. The van der Waals surface area contributed by atoms with Gasteiger partial charge in [0, 0.05) is 38.0 Å². The number of nitrogens with two attached hydrogens (primary N) is 1. The summed E-state index contributed by atoms with van der Waals surface area (Å²) in [7, 11) is 1.75. The lowest BCUT2D eigenvalue weighted by molar-refractivity contribution is 0.0988. The number of carbonyl (C=O) groups excluding carboxylic acids is 1. The van der Waals surface area contributed by atoms with E-state index in [2.05, 4.69) is 28.9 Å². The Morgan fingerprint density at radius 1 is 1.13 bits per heavy atom. The summed E-state index contributed by atoms with van der Waals surface area (Å²) in [5.41, 5.74) is 10.7. The van der Waals surface area contributed by atoms with E-state index in [1.165, 1.54) is 5.56 Å². The average molecular weight is 417 g/mol. The molecule has 1 aliphatic rings. The molecule has 158 valence electrons. The fraction of sp³-hybridized carbons (Fsp3) is 0.273. The van der Waals surface area contributed by atoms with Crippen molar-refractivity contribution in [3.8, 4) is 17.1 Å². The minimum atomic E-state index is -0.587. The Balaban J connectivity index is 1.65. The number of hydrogen-bond donors (Lipinski definition) is 1. The Morgan fingerprint density at radius 2 is 1.94 bits per heavy atom. The summed E-state index contributed by atoms with van der Waals surface area (Å²) >= 11 is 0. The zero-order chi connectivity index (χ0) is 21.5. The van der Waals surface area contributed by atoms with Crippen LogP contribution in [0.25, 0.3) is 28.2 Å². The molecule has 2 N–H and O–H groups in total. The lowest BCUT2D eigenvalue weighted by Crippen LogP contribution is -2.36. The first-order valence-electron chi connectivity index (χ1n) is 10.1. The maximum absolute atomic E-state index is 11.9. The van der Waals surface area contributed by atoms with E-state index in [4.69, 9.17) is 20.6 Å². The smallest absolute Gasteiger partial charge is 0.284 e. The van der Waals surface area contributed by atoms with E-state index in [0.29, 0.717) is 30.2 Å². The number of rotatable bonds is 4. The van der Waals surface area contributed by atoms with Crippen LogP contribution >= 0.6 is 0 Å². The molecule has 1 fully saturated rings. The molecule has 9 heteroatoms. The van der Waals surface area contributed by atoms with Crippen molar-refractivity contribution in [3.05, 3.63) is 54.0 Å². The topological polar surface area (TPSA) is 104 Å². The number of pyridine rings is 1. The van der Waals surface area contributed by atoms with Gasteiger partial charge in [-0.3, -0.25) is 4.79 Å². The van der Waals surface area contributed by atoms with E-state index in [1.54, 1.807) is 16.3 Å². The number of fused-ring (bicyclic) bond motifs is 1. The lowest BCUT2D eigenvalue weighted by Gasteiger charge is -2.29. The van der Waals surface area contributed by atoms with Gasteiger partial charge in [0.2, 0.25) is 5.82 Å². The van der Waals surface area contributed by atoms with Gasteiger partial charge in [0.15, 0.2) is 11.5 Å². The second kappa shape index (κ2) is 7.51. The number of aromatic nitrogens is 5. The third kappa shape index (κ3) is 3.42. The highest BCUT2D eigenvalue weighted by Crippen LogP contribution is 2.29. The number of imidazole rings is 1. The summed E-state index contributed by atoms with van der Waals surface area (Å²) in [6.07, 6.45) is 1.89. The van der Waals surface area contributed by atoms with Crippen LogP contribution in [-0.4, -0.2) is 56.5 Å². The number of carbonyl (C=O) groups is 1. The fourth-order valence-corrected chi connectivity index (χ4v) is 3.91. The first-order valence-corrected chi connectivity index (χ1v) is 10.1. The molecule has 1 aliphatic heterocycles. The van der Waals surface area contributed by atoms with Crippen LogP contribution in [0.3, 0.4) is 0 Å². The van der Waals surface area contributed by atoms with Gasteiger partial charge in [0.1, 0.15) is 5.52 Å². The Hall–Kier alpha value is -3.72. The van der Waals surface area contributed by atoms with Crippen molar-refractivity contribution in [1.29, 1.82) is 0 Å². The normalized spacial score (nSPS) is 14.3. The molecular weight excluding hydrogens is 394 g/mol. The van der Waals surface area contributed by atoms with Gasteiger partial charge in [-0.2, -0.15) is 5.10 Å². The van der Waals surface area contributed by atoms with Crippen LogP contribution in [0.4, 0.5) is 5.69 Å². The highest BCUT2D eigenvalue weighted by molar-refractivity contribution is 5.96. The van der Waals surface area contributed by atoms with E-state index in [-0.39, 0.29) is 5.82 Å². The van der Waals surface area contributed by atoms with E-state index >= 15 is 0 Å². The monoisotopic (exact) mass is 417 g/mol. The minimum absolute atomic E-state index is 0.176. The Labute approximate surface area is 179 Å². The van der Waals surface area contributed by atoms with Gasteiger partial charge in [-0.25, -0.2) is 14.6 Å². The summed E-state index contributed by atoms with van der Waals surface area (Å²) in [6.45, 7) is 4.79. The van der Waals surface area contributed by atoms with E-state index < -0.39 is 5.91 Å². The second-order valence-electron chi connectivity index (χ2n) is 7.64. The molecule has 4 heterocycles. The van der Waals surface area contributed by atoms with Crippen LogP contribution in [0.2, 0.25) is 0 Å². The predicted octanol–water partition coefficient (Wildman–Crippen LogP) is 2.06. The van der Waals surface area contributed by atoms with Gasteiger partial charge in [-0.1, -0.05) is 23.8 Å². The molecule has 3 aromatic heterocycles. The van der Waals surface area contributed by atoms with Crippen molar-refractivity contribution in [2.45, 2.75) is 6.92 Å². The summed E-state index contributed by atoms with van der Waals surface area (Å²) < 4.78 is 8.89. The Morgan fingerprint density at radius 3 is 2.68 bits per heavy atom. The highest BCUT2D eigenvalue weighted by Gasteiger charge is 2.22.